The first kappa shape index (κ1) is 16.2. The molecule has 118 valence electrons. The lowest BCUT2D eigenvalue weighted by molar-refractivity contribution is -0.274. The smallest absolute Gasteiger partial charge is 0.406 e. The zero-order valence-electron chi connectivity index (χ0n) is 11.2. The summed E-state index contributed by atoms with van der Waals surface area (Å²) in [6.45, 7) is 3.51. The first-order chi connectivity index (χ1) is 10.4. The van der Waals surface area contributed by atoms with Gasteiger partial charge in [0.15, 0.2) is 0 Å². The summed E-state index contributed by atoms with van der Waals surface area (Å²) in [5, 5.41) is 20.9. The molecule has 5 nitrogen and oxygen atoms in total. The molecule has 0 saturated carbocycles. The molecule has 1 aromatic carbocycles. The fourth-order valence-corrected chi connectivity index (χ4v) is 2.34. The molecule has 22 heavy (non-hydrogen) atoms. The predicted molar refractivity (Wildman–Crippen MR) is 76.1 cm³/mol. The van der Waals surface area contributed by atoms with Crippen LogP contribution in [0.3, 0.4) is 0 Å². The maximum Gasteiger partial charge on any atom is 0.573 e. The van der Waals surface area contributed by atoms with E-state index in [1.54, 1.807) is 12.1 Å². The number of anilines is 2. The molecule has 0 aliphatic carbocycles. The lowest BCUT2D eigenvalue weighted by Crippen LogP contribution is -2.17. The third-order valence-corrected chi connectivity index (χ3v) is 3.37. The minimum atomic E-state index is -4.75. The molecule has 9 heteroatoms. The highest BCUT2D eigenvalue weighted by Gasteiger charge is 2.31. The van der Waals surface area contributed by atoms with Crippen molar-refractivity contribution in [2.75, 3.05) is 5.32 Å². The van der Waals surface area contributed by atoms with Crippen LogP contribution in [0.1, 0.15) is 17.5 Å². The highest BCUT2D eigenvalue weighted by atomic mass is 32.1. The topological polar surface area (TPSA) is 67.3 Å². The standard InChI is InChI=1S/C13H12F3N3O2S/c1-2-4-10(20)11-18-19-12(22-11)17-8-5-3-6-9(7-8)21-13(14,15)16/h2-3,5-7,10,20H,1,4H2,(H,17,19). The van der Waals surface area contributed by atoms with E-state index in [1.165, 1.54) is 18.2 Å². The molecule has 1 heterocycles. The van der Waals surface area contributed by atoms with Gasteiger partial charge in [0, 0.05) is 11.8 Å². The Balaban J connectivity index is 2.08. The predicted octanol–water partition coefficient (Wildman–Crippen LogP) is 3.79. The van der Waals surface area contributed by atoms with Gasteiger partial charge in [-0.2, -0.15) is 0 Å². The summed E-state index contributed by atoms with van der Waals surface area (Å²) in [5.74, 6) is -0.339. The molecule has 1 atom stereocenters. The van der Waals surface area contributed by atoms with E-state index in [0.29, 0.717) is 22.2 Å². The molecule has 2 aromatic rings. The SMILES string of the molecule is C=CCC(O)c1nnc(Nc2cccc(OC(F)(F)F)c2)s1. The number of alkyl halides is 3. The summed E-state index contributed by atoms with van der Waals surface area (Å²) in [4.78, 5) is 0. The van der Waals surface area contributed by atoms with Gasteiger partial charge in [0.25, 0.3) is 0 Å². The van der Waals surface area contributed by atoms with Crippen molar-refractivity contribution < 1.29 is 23.0 Å². The van der Waals surface area contributed by atoms with Crippen molar-refractivity contribution in [2.45, 2.75) is 18.9 Å². The minimum Gasteiger partial charge on any atom is -0.406 e. The maximum absolute atomic E-state index is 12.2. The Kier molecular flexibility index (Phi) is 4.99. The van der Waals surface area contributed by atoms with Gasteiger partial charge in [-0.25, -0.2) is 0 Å². The molecule has 2 rings (SSSR count). The fraction of sp³-hybridized carbons (Fsp3) is 0.231. The first-order valence-electron chi connectivity index (χ1n) is 6.12. The Morgan fingerprint density at radius 1 is 1.41 bits per heavy atom. The molecular formula is C13H12F3N3O2S. The lowest BCUT2D eigenvalue weighted by atomic mass is 10.3. The zero-order valence-corrected chi connectivity index (χ0v) is 12.0. The monoisotopic (exact) mass is 331 g/mol. The van der Waals surface area contributed by atoms with Crippen LogP contribution >= 0.6 is 11.3 Å². The van der Waals surface area contributed by atoms with Crippen LogP contribution < -0.4 is 10.1 Å². The van der Waals surface area contributed by atoms with Crippen LogP contribution in [0.15, 0.2) is 36.9 Å². The second-order valence-corrected chi connectivity index (χ2v) is 5.20. The van der Waals surface area contributed by atoms with Crippen LogP contribution in [0.25, 0.3) is 0 Å². The van der Waals surface area contributed by atoms with Gasteiger partial charge in [-0.05, 0) is 18.6 Å². The van der Waals surface area contributed by atoms with E-state index < -0.39 is 12.5 Å². The molecule has 0 aliphatic rings. The van der Waals surface area contributed by atoms with Crippen molar-refractivity contribution >= 4 is 22.2 Å². The van der Waals surface area contributed by atoms with E-state index in [4.69, 9.17) is 0 Å². The molecule has 0 bridgehead atoms. The Bertz CT molecular complexity index is 645. The van der Waals surface area contributed by atoms with Gasteiger partial charge in [0.1, 0.15) is 16.9 Å². The van der Waals surface area contributed by atoms with E-state index in [1.807, 2.05) is 0 Å². The third kappa shape index (κ3) is 4.71. The van der Waals surface area contributed by atoms with Crippen LogP contribution in [0.4, 0.5) is 24.0 Å². The lowest BCUT2D eigenvalue weighted by Gasteiger charge is -2.10. The van der Waals surface area contributed by atoms with Gasteiger partial charge in [0.05, 0.1) is 0 Å². The number of hydrogen-bond acceptors (Lipinski definition) is 6. The van der Waals surface area contributed by atoms with Crippen molar-refractivity contribution in [3.8, 4) is 5.75 Å². The van der Waals surface area contributed by atoms with Gasteiger partial charge in [-0.1, -0.05) is 23.5 Å². The van der Waals surface area contributed by atoms with Crippen molar-refractivity contribution in [1.29, 1.82) is 0 Å². The molecule has 1 unspecified atom stereocenters. The van der Waals surface area contributed by atoms with E-state index in [9.17, 15) is 18.3 Å². The molecule has 0 radical (unpaired) electrons. The number of aliphatic hydroxyl groups is 1. The largest absolute Gasteiger partial charge is 0.573 e. The number of rotatable bonds is 6. The molecule has 1 aromatic heterocycles. The second-order valence-electron chi connectivity index (χ2n) is 4.19. The number of aromatic nitrogens is 2. The average Bonchev–Trinajstić information content (AvgIpc) is 2.86. The second kappa shape index (κ2) is 6.75. The van der Waals surface area contributed by atoms with Gasteiger partial charge < -0.3 is 15.2 Å². The summed E-state index contributed by atoms with van der Waals surface area (Å²) >= 11 is 1.10. The molecule has 0 amide bonds. The number of nitrogens with one attached hydrogen (secondary N) is 1. The third-order valence-electron chi connectivity index (χ3n) is 2.43. The van der Waals surface area contributed by atoms with Gasteiger partial charge in [0.2, 0.25) is 5.13 Å². The van der Waals surface area contributed by atoms with E-state index in [0.717, 1.165) is 11.3 Å². The highest BCUT2D eigenvalue weighted by molar-refractivity contribution is 7.15. The van der Waals surface area contributed by atoms with Gasteiger partial charge in [-0.15, -0.1) is 29.9 Å². The quantitative estimate of drug-likeness (QED) is 0.788. The summed E-state index contributed by atoms with van der Waals surface area (Å²) in [6.07, 6.45) is -3.66. The number of ether oxygens (including phenoxy) is 1. The van der Waals surface area contributed by atoms with Crippen LogP contribution in [-0.4, -0.2) is 21.7 Å². The normalized spacial score (nSPS) is 12.7. The Labute approximate surface area is 128 Å². The zero-order chi connectivity index (χ0) is 16.2. The van der Waals surface area contributed by atoms with Crippen LogP contribution in [0.2, 0.25) is 0 Å². The number of hydrogen-bond donors (Lipinski definition) is 2. The molecular weight excluding hydrogens is 319 g/mol. The fourth-order valence-electron chi connectivity index (χ4n) is 1.57. The van der Waals surface area contributed by atoms with Crippen molar-refractivity contribution in [1.82, 2.24) is 10.2 Å². The molecule has 0 fully saturated rings. The average molecular weight is 331 g/mol. The molecule has 2 N–H and O–H groups in total. The molecule has 0 spiro atoms. The van der Waals surface area contributed by atoms with E-state index in [-0.39, 0.29) is 5.75 Å². The Morgan fingerprint density at radius 2 is 2.18 bits per heavy atom. The Morgan fingerprint density at radius 3 is 2.86 bits per heavy atom. The Hall–Kier alpha value is -2.13. The van der Waals surface area contributed by atoms with Crippen molar-refractivity contribution in [3.05, 3.63) is 41.9 Å². The van der Waals surface area contributed by atoms with Crippen LogP contribution in [0, 0.1) is 0 Å². The summed E-state index contributed by atoms with van der Waals surface area (Å²) < 4.78 is 40.3. The number of nitrogens with zero attached hydrogens (tertiary/aromatic N) is 2. The summed E-state index contributed by atoms with van der Waals surface area (Å²) in [6, 6.07) is 5.36. The van der Waals surface area contributed by atoms with Crippen molar-refractivity contribution in [3.63, 3.8) is 0 Å². The highest BCUT2D eigenvalue weighted by Crippen LogP contribution is 2.29. The van der Waals surface area contributed by atoms with Crippen LogP contribution in [-0.2, 0) is 0 Å². The van der Waals surface area contributed by atoms with Crippen LogP contribution in [0.5, 0.6) is 5.75 Å². The number of benzene rings is 1. The van der Waals surface area contributed by atoms with Gasteiger partial charge >= 0.3 is 6.36 Å². The van der Waals surface area contributed by atoms with E-state index >= 15 is 0 Å². The first-order valence-corrected chi connectivity index (χ1v) is 6.94. The molecule has 0 aliphatic heterocycles. The summed E-state index contributed by atoms with van der Waals surface area (Å²) in [7, 11) is 0. The number of aliphatic hydroxyl groups excluding tert-OH is 1. The summed E-state index contributed by atoms with van der Waals surface area (Å²) in [5.41, 5.74) is 0.364. The van der Waals surface area contributed by atoms with Gasteiger partial charge in [-0.3, -0.25) is 0 Å². The van der Waals surface area contributed by atoms with E-state index in [2.05, 4.69) is 26.8 Å². The molecule has 0 saturated heterocycles. The minimum absolute atomic E-state index is 0.337. The maximum atomic E-state index is 12.2. The number of halogens is 3. The van der Waals surface area contributed by atoms with Crippen molar-refractivity contribution in [2.24, 2.45) is 0 Å².